The highest BCUT2D eigenvalue weighted by molar-refractivity contribution is 5.76. The fraction of sp³-hybridized carbons (Fsp3) is 0.889. The molecule has 1 fully saturated rings. The zero-order valence-electron chi connectivity index (χ0n) is 7.51. The molecule has 3 nitrogen and oxygen atoms in total. The maximum atomic E-state index is 7.01. The molecule has 0 spiro atoms. The molecule has 0 aromatic heterocycles. The Labute approximate surface area is 73.8 Å². The molecule has 0 radical (unpaired) electrons. The molecule has 0 unspecified atom stereocenters. The third-order valence-corrected chi connectivity index (χ3v) is 2.28. The van der Waals surface area contributed by atoms with Crippen molar-refractivity contribution in [1.29, 1.82) is 5.41 Å². The van der Waals surface area contributed by atoms with Crippen LogP contribution in [0.15, 0.2) is 0 Å². The average Bonchev–Trinajstić information content (AvgIpc) is 2.05. The lowest BCUT2D eigenvalue weighted by Crippen LogP contribution is -2.20. The molecular formula is C9H18N2O. The lowest BCUT2D eigenvalue weighted by atomic mass is 9.98. The average molecular weight is 170 g/mol. The van der Waals surface area contributed by atoms with Crippen molar-refractivity contribution < 1.29 is 4.74 Å². The molecule has 1 aliphatic carbocycles. The van der Waals surface area contributed by atoms with Crippen molar-refractivity contribution in [3.05, 3.63) is 0 Å². The van der Waals surface area contributed by atoms with Crippen molar-refractivity contribution in [2.45, 2.75) is 44.6 Å². The Bertz CT molecular complexity index is 141. The molecule has 1 aliphatic rings. The van der Waals surface area contributed by atoms with Crippen LogP contribution in [0.25, 0.3) is 0 Å². The molecule has 0 amide bonds. The number of ether oxygens (including phenoxy) is 1. The molecule has 3 N–H and O–H groups in total. The van der Waals surface area contributed by atoms with Crippen LogP contribution in [0.2, 0.25) is 0 Å². The van der Waals surface area contributed by atoms with Gasteiger partial charge in [-0.05, 0) is 12.8 Å². The minimum Gasteiger partial charge on any atom is -0.388 e. The van der Waals surface area contributed by atoms with Crippen LogP contribution >= 0.6 is 0 Å². The second-order valence-corrected chi connectivity index (χ2v) is 3.41. The summed E-state index contributed by atoms with van der Waals surface area (Å²) >= 11 is 0. The molecule has 0 bridgehead atoms. The summed E-state index contributed by atoms with van der Waals surface area (Å²) in [6.07, 6.45) is 7.35. The van der Waals surface area contributed by atoms with Gasteiger partial charge in [-0.15, -0.1) is 0 Å². The smallest absolute Gasteiger partial charge is 0.0928 e. The zero-order chi connectivity index (χ0) is 8.81. The first-order valence-corrected chi connectivity index (χ1v) is 4.73. The second kappa shape index (κ2) is 5.14. The van der Waals surface area contributed by atoms with Gasteiger partial charge in [-0.1, -0.05) is 19.3 Å². The molecule has 3 heteroatoms. The van der Waals surface area contributed by atoms with Gasteiger partial charge in [0.2, 0.25) is 0 Å². The SMILES string of the molecule is N=C(N)CCOC1CCCCC1. The van der Waals surface area contributed by atoms with Crippen LogP contribution in [0.5, 0.6) is 0 Å². The van der Waals surface area contributed by atoms with Crippen LogP contribution in [-0.2, 0) is 4.74 Å². The molecule has 0 heterocycles. The Morgan fingerprint density at radius 2 is 2.00 bits per heavy atom. The first-order valence-electron chi connectivity index (χ1n) is 4.73. The van der Waals surface area contributed by atoms with Gasteiger partial charge in [-0.2, -0.15) is 0 Å². The quantitative estimate of drug-likeness (QED) is 0.498. The van der Waals surface area contributed by atoms with Crippen LogP contribution in [0, 0.1) is 5.41 Å². The summed E-state index contributed by atoms with van der Waals surface area (Å²) < 4.78 is 5.57. The van der Waals surface area contributed by atoms with Gasteiger partial charge in [0, 0.05) is 6.42 Å². The minimum absolute atomic E-state index is 0.228. The Morgan fingerprint density at radius 1 is 1.33 bits per heavy atom. The van der Waals surface area contributed by atoms with Crippen molar-refractivity contribution in [3.8, 4) is 0 Å². The molecule has 0 atom stereocenters. The minimum atomic E-state index is 0.228. The molecule has 70 valence electrons. The molecule has 1 rings (SSSR count). The van der Waals surface area contributed by atoms with Crippen LogP contribution in [-0.4, -0.2) is 18.5 Å². The van der Waals surface area contributed by atoms with Crippen LogP contribution in [0.3, 0.4) is 0 Å². The normalized spacial score (nSPS) is 19.3. The number of nitrogens with one attached hydrogen (secondary N) is 1. The summed E-state index contributed by atoms with van der Waals surface area (Å²) in [5, 5.41) is 7.01. The predicted octanol–water partition coefficient (Wildman–Crippen LogP) is 1.66. The lowest BCUT2D eigenvalue weighted by molar-refractivity contribution is 0.0326. The summed E-state index contributed by atoms with van der Waals surface area (Å²) in [4.78, 5) is 0. The molecule has 0 aromatic rings. The van der Waals surface area contributed by atoms with E-state index in [4.69, 9.17) is 15.9 Å². The maximum absolute atomic E-state index is 7.01. The third-order valence-electron chi connectivity index (χ3n) is 2.28. The number of nitrogens with two attached hydrogens (primary N) is 1. The van der Waals surface area contributed by atoms with Crippen molar-refractivity contribution >= 4 is 5.84 Å². The summed E-state index contributed by atoms with van der Waals surface area (Å²) in [5.74, 6) is 0.228. The van der Waals surface area contributed by atoms with Crippen molar-refractivity contribution in [3.63, 3.8) is 0 Å². The van der Waals surface area contributed by atoms with Gasteiger partial charge in [0.05, 0.1) is 18.5 Å². The van der Waals surface area contributed by atoms with Gasteiger partial charge in [0.15, 0.2) is 0 Å². The van der Waals surface area contributed by atoms with Gasteiger partial charge < -0.3 is 10.5 Å². The summed E-state index contributed by atoms with van der Waals surface area (Å²) in [6, 6.07) is 0. The number of rotatable bonds is 4. The predicted molar refractivity (Wildman–Crippen MR) is 49.4 cm³/mol. The number of amidine groups is 1. The number of hydrogen-bond acceptors (Lipinski definition) is 2. The molecular weight excluding hydrogens is 152 g/mol. The van der Waals surface area contributed by atoms with E-state index in [1.165, 1.54) is 32.1 Å². The standard InChI is InChI=1S/C9H18N2O/c10-9(11)6-7-12-8-4-2-1-3-5-8/h8H,1-7H2,(H3,10,11). The van der Waals surface area contributed by atoms with E-state index in [1.807, 2.05) is 0 Å². The van der Waals surface area contributed by atoms with Gasteiger partial charge in [-0.25, -0.2) is 0 Å². The maximum Gasteiger partial charge on any atom is 0.0928 e. The summed E-state index contributed by atoms with van der Waals surface area (Å²) in [7, 11) is 0. The third kappa shape index (κ3) is 3.72. The summed E-state index contributed by atoms with van der Waals surface area (Å²) in [6.45, 7) is 0.625. The monoisotopic (exact) mass is 170 g/mol. The highest BCUT2D eigenvalue weighted by Gasteiger charge is 2.12. The lowest BCUT2D eigenvalue weighted by Gasteiger charge is -2.21. The van der Waals surface area contributed by atoms with Gasteiger partial charge in [-0.3, -0.25) is 5.41 Å². The number of hydrogen-bond donors (Lipinski definition) is 2. The van der Waals surface area contributed by atoms with Crippen molar-refractivity contribution in [1.82, 2.24) is 0 Å². The molecule has 1 saturated carbocycles. The van der Waals surface area contributed by atoms with Crippen molar-refractivity contribution in [2.75, 3.05) is 6.61 Å². The highest BCUT2D eigenvalue weighted by atomic mass is 16.5. The Hall–Kier alpha value is -0.570. The zero-order valence-corrected chi connectivity index (χ0v) is 7.51. The second-order valence-electron chi connectivity index (χ2n) is 3.41. The van der Waals surface area contributed by atoms with Crippen molar-refractivity contribution in [2.24, 2.45) is 5.73 Å². The molecule has 0 saturated heterocycles. The largest absolute Gasteiger partial charge is 0.388 e. The molecule has 0 aliphatic heterocycles. The van der Waals surface area contributed by atoms with E-state index in [2.05, 4.69) is 0 Å². The van der Waals surface area contributed by atoms with Gasteiger partial charge >= 0.3 is 0 Å². The summed E-state index contributed by atoms with van der Waals surface area (Å²) in [5.41, 5.74) is 5.21. The highest BCUT2D eigenvalue weighted by Crippen LogP contribution is 2.20. The fourth-order valence-electron chi connectivity index (χ4n) is 1.57. The van der Waals surface area contributed by atoms with E-state index in [0.29, 0.717) is 19.1 Å². The van der Waals surface area contributed by atoms with Gasteiger partial charge in [0.1, 0.15) is 0 Å². The van der Waals surface area contributed by atoms with E-state index < -0.39 is 0 Å². The Kier molecular flexibility index (Phi) is 4.08. The van der Waals surface area contributed by atoms with E-state index in [0.717, 1.165) is 0 Å². The Balaban J connectivity index is 2.01. The van der Waals surface area contributed by atoms with E-state index in [1.54, 1.807) is 0 Å². The molecule has 12 heavy (non-hydrogen) atoms. The van der Waals surface area contributed by atoms with Gasteiger partial charge in [0.25, 0.3) is 0 Å². The topological polar surface area (TPSA) is 59.1 Å². The van der Waals surface area contributed by atoms with Crippen LogP contribution in [0.1, 0.15) is 38.5 Å². The van der Waals surface area contributed by atoms with Crippen LogP contribution < -0.4 is 5.73 Å². The fourth-order valence-corrected chi connectivity index (χ4v) is 1.57. The molecule has 0 aromatic carbocycles. The van der Waals surface area contributed by atoms with E-state index >= 15 is 0 Å². The van der Waals surface area contributed by atoms with Crippen LogP contribution in [0.4, 0.5) is 0 Å². The first kappa shape index (κ1) is 9.52. The Morgan fingerprint density at radius 3 is 2.58 bits per heavy atom. The first-order chi connectivity index (χ1) is 5.79. The van der Waals surface area contributed by atoms with E-state index in [9.17, 15) is 0 Å². The van der Waals surface area contributed by atoms with E-state index in [-0.39, 0.29) is 5.84 Å².